The van der Waals surface area contributed by atoms with Gasteiger partial charge in [0.15, 0.2) is 0 Å². The molecule has 1 aliphatic rings. The summed E-state index contributed by atoms with van der Waals surface area (Å²) in [4.78, 5) is 14.1. The lowest BCUT2D eigenvalue weighted by atomic mass is 10.1. The first-order chi connectivity index (χ1) is 9.15. The Kier molecular flexibility index (Phi) is 2.85. The molecule has 2 aromatic rings. The number of hydrogen-bond acceptors (Lipinski definition) is 5. The van der Waals surface area contributed by atoms with E-state index in [0.717, 1.165) is 29.0 Å². The average Bonchev–Trinajstić information content (AvgIpc) is 2.99. The van der Waals surface area contributed by atoms with Gasteiger partial charge >= 0.3 is 0 Å². The van der Waals surface area contributed by atoms with Gasteiger partial charge in [-0.3, -0.25) is 4.79 Å². The molecule has 0 aromatic carbocycles. The minimum atomic E-state index is 0.0845. The largest absolute Gasteiger partial charge is 0.361 e. The van der Waals surface area contributed by atoms with E-state index in [4.69, 9.17) is 9.05 Å². The Hall–Kier alpha value is -2.11. The maximum atomic E-state index is 12.3. The van der Waals surface area contributed by atoms with Crippen LogP contribution in [0.1, 0.15) is 28.3 Å². The molecule has 0 N–H and O–H groups in total. The molecule has 1 aliphatic heterocycles. The third-order valence-electron chi connectivity index (χ3n) is 3.56. The molecule has 19 heavy (non-hydrogen) atoms. The van der Waals surface area contributed by atoms with Crippen molar-refractivity contribution < 1.29 is 13.8 Å². The van der Waals surface area contributed by atoms with Crippen LogP contribution in [-0.2, 0) is 24.2 Å². The van der Waals surface area contributed by atoms with E-state index in [2.05, 4.69) is 10.3 Å². The van der Waals surface area contributed by atoms with E-state index >= 15 is 0 Å². The molecular weight excluding hydrogens is 246 g/mol. The van der Waals surface area contributed by atoms with Crippen LogP contribution in [0.5, 0.6) is 0 Å². The van der Waals surface area contributed by atoms with Gasteiger partial charge in [-0.05, 0) is 13.8 Å². The second-order valence-electron chi connectivity index (χ2n) is 4.82. The zero-order chi connectivity index (χ0) is 13.4. The molecule has 0 atom stereocenters. The summed E-state index contributed by atoms with van der Waals surface area (Å²) in [5.41, 5.74) is 2.67. The SMILES string of the molecule is Cc1noc(C)c1CC(=O)N1CCc2oncc2C1. The minimum absolute atomic E-state index is 0.0845. The van der Waals surface area contributed by atoms with E-state index in [-0.39, 0.29) is 5.91 Å². The van der Waals surface area contributed by atoms with Gasteiger partial charge in [0.2, 0.25) is 5.91 Å². The first-order valence-electron chi connectivity index (χ1n) is 6.27. The molecule has 1 amide bonds. The second-order valence-corrected chi connectivity index (χ2v) is 4.82. The van der Waals surface area contributed by atoms with Crippen molar-refractivity contribution in [2.75, 3.05) is 6.54 Å². The van der Waals surface area contributed by atoms with Gasteiger partial charge in [-0.25, -0.2) is 0 Å². The van der Waals surface area contributed by atoms with E-state index in [9.17, 15) is 4.79 Å². The highest BCUT2D eigenvalue weighted by atomic mass is 16.5. The fourth-order valence-electron chi connectivity index (χ4n) is 2.37. The molecule has 6 nitrogen and oxygen atoms in total. The van der Waals surface area contributed by atoms with E-state index in [0.29, 0.717) is 25.3 Å². The van der Waals surface area contributed by atoms with Crippen molar-refractivity contribution in [1.82, 2.24) is 15.2 Å². The second kappa shape index (κ2) is 4.53. The van der Waals surface area contributed by atoms with Gasteiger partial charge in [0, 0.05) is 24.1 Å². The molecule has 0 bridgehead atoms. The summed E-state index contributed by atoms with van der Waals surface area (Å²) in [6, 6.07) is 0. The van der Waals surface area contributed by atoms with Gasteiger partial charge < -0.3 is 13.9 Å². The monoisotopic (exact) mass is 261 g/mol. The van der Waals surface area contributed by atoms with Gasteiger partial charge in [0.05, 0.1) is 24.9 Å². The normalized spacial score (nSPS) is 14.5. The highest BCUT2D eigenvalue weighted by molar-refractivity contribution is 5.79. The highest BCUT2D eigenvalue weighted by Gasteiger charge is 2.25. The zero-order valence-electron chi connectivity index (χ0n) is 11.0. The van der Waals surface area contributed by atoms with Crippen LogP contribution >= 0.6 is 0 Å². The summed E-state index contributed by atoms with van der Waals surface area (Å²) in [5.74, 6) is 1.69. The smallest absolute Gasteiger partial charge is 0.227 e. The molecule has 3 heterocycles. The van der Waals surface area contributed by atoms with Crippen LogP contribution in [0.4, 0.5) is 0 Å². The number of fused-ring (bicyclic) bond motifs is 1. The van der Waals surface area contributed by atoms with E-state index in [1.807, 2.05) is 18.7 Å². The van der Waals surface area contributed by atoms with Crippen LogP contribution < -0.4 is 0 Å². The molecule has 0 fully saturated rings. The molecule has 0 saturated heterocycles. The Morgan fingerprint density at radius 2 is 2.26 bits per heavy atom. The number of rotatable bonds is 2. The van der Waals surface area contributed by atoms with Crippen molar-refractivity contribution in [3.63, 3.8) is 0 Å². The summed E-state index contributed by atoms with van der Waals surface area (Å²) in [6.07, 6.45) is 2.75. The molecule has 100 valence electrons. The molecular formula is C13H15N3O3. The lowest BCUT2D eigenvalue weighted by Gasteiger charge is -2.25. The molecule has 3 rings (SSSR count). The van der Waals surface area contributed by atoms with Crippen LogP contribution in [0.3, 0.4) is 0 Å². The van der Waals surface area contributed by atoms with Gasteiger partial charge in [-0.1, -0.05) is 10.3 Å². The third kappa shape index (κ3) is 2.14. The Bertz CT molecular complexity index is 595. The fourth-order valence-corrected chi connectivity index (χ4v) is 2.37. The summed E-state index contributed by atoms with van der Waals surface area (Å²) in [5, 5.41) is 7.63. The van der Waals surface area contributed by atoms with Crippen molar-refractivity contribution in [2.45, 2.75) is 33.2 Å². The van der Waals surface area contributed by atoms with Crippen LogP contribution in [0.15, 0.2) is 15.2 Å². The van der Waals surface area contributed by atoms with E-state index < -0.39 is 0 Å². The first-order valence-corrected chi connectivity index (χ1v) is 6.27. The molecule has 6 heteroatoms. The van der Waals surface area contributed by atoms with Crippen LogP contribution in [0, 0.1) is 13.8 Å². The zero-order valence-corrected chi connectivity index (χ0v) is 11.0. The number of carbonyl (C=O) groups is 1. The quantitative estimate of drug-likeness (QED) is 0.817. The van der Waals surface area contributed by atoms with Gasteiger partial charge in [0.25, 0.3) is 0 Å². The standard InChI is InChI=1S/C13H15N3O3/c1-8-11(9(2)18-15-8)5-13(17)16-4-3-12-10(7-16)6-14-19-12/h6H,3-5,7H2,1-2H3. The van der Waals surface area contributed by atoms with Crippen molar-refractivity contribution in [3.05, 3.63) is 34.5 Å². The third-order valence-corrected chi connectivity index (χ3v) is 3.56. The van der Waals surface area contributed by atoms with Crippen molar-refractivity contribution in [2.24, 2.45) is 0 Å². The van der Waals surface area contributed by atoms with Gasteiger partial charge in [-0.15, -0.1) is 0 Å². The van der Waals surface area contributed by atoms with Crippen LogP contribution in [0.25, 0.3) is 0 Å². The predicted molar refractivity (Wildman–Crippen MR) is 65.3 cm³/mol. The number of hydrogen-bond donors (Lipinski definition) is 0. The molecule has 0 spiro atoms. The van der Waals surface area contributed by atoms with Gasteiger partial charge in [-0.2, -0.15) is 0 Å². The minimum Gasteiger partial charge on any atom is -0.361 e. The lowest BCUT2D eigenvalue weighted by Crippen LogP contribution is -2.36. The van der Waals surface area contributed by atoms with Crippen molar-refractivity contribution >= 4 is 5.91 Å². The van der Waals surface area contributed by atoms with Crippen LogP contribution in [0.2, 0.25) is 0 Å². The maximum Gasteiger partial charge on any atom is 0.227 e. The highest BCUT2D eigenvalue weighted by Crippen LogP contribution is 2.20. The van der Waals surface area contributed by atoms with Crippen molar-refractivity contribution in [1.29, 1.82) is 0 Å². The Morgan fingerprint density at radius 3 is 3.00 bits per heavy atom. The average molecular weight is 261 g/mol. The molecule has 0 aliphatic carbocycles. The van der Waals surface area contributed by atoms with Crippen LogP contribution in [-0.4, -0.2) is 27.7 Å². The number of amides is 1. The predicted octanol–water partition coefficient (Wildman–Crippen LogP) is 1.41. The Balaban J connectivity index is 1.72. The van der Waals surface area contributed by atoms with E-state index in [1.54, 1.807) is 6.20 Å². The van der Waals surface area contributed by atoms with E-state index in [1.165, 1.54) is 0 Å². The summed E-state index contributed by atoms with van der Waals surface area (Å²) < 4.78 is 10.2. The van der Waals surface area contributed by atoms with Gasteiger partial charge in [0.1, 0.15) is 11.5 Å². The molecule has 0 unspecified atom stereocenters. The maximum absolute atomic E-state index is 12.3. The van der Waals surface area contributed by atoms with Crippen molar-refractivity contribution in [3.8, 4) is 0 Å². The number of carbonyl (C=O) groups excluding carboxylic acids is 1. The molecule has 2 aromatic heterocycles. The first kappa shape index (κ1) is 12.0. The number of aromatic nitrogens is 2. The Labute approximate surface area is 110 Å². The molecule has 0 saturated carbocycles. The lowest BCUT2D eigenvalue weighted by molar-refractivity contribution is -0.131. The summed E-state index contributed by atoms with van der Waals surface area (Å²) in [7, 11) is 0. The fraction of sp³-hybridized carbons (Fsp3) is 0.462. The Morgan fingerprint density at radius 1 is 1.42 bits per heavy atom. The summed E-state index contributed by atoms with van der Waals surface area (Å²) in [6.45, 7) is 4.93. The number of aryl methyl sites for hydroxylation is 2. The summed E-state index contributed by atoms with van der Waals surface area (Å²) >= 11 is 0. The topological polar surface area (TPSA) is 72.4 Å². The number of nitrogens with zero attached hydrogens (tertiary/aromatic N) is 3. The molecule has 0 radical (unpaired) electrons.